The van der Waals surface area contributed by atoms with Crippen molar-refractivity contribution in [3.8, 4) is 11.5 Å². The van der Waals surface area contributed by atoms with Gasteiger partial charge in [0.15, 0.2) is 24.4 Å². The van der Waals surface area contributed by atoms with E-state index in [9.17, 15) is 9.59 Å². The Morgan fingerprint density at radius 2 is 2.00 bits per heavy atom. The third kappa shape index (κ3) is 4.96. The van der Waals surface area contributed by atoms with Crippen LogP contribution in [0.5, 0.6) is 11.5 Å². The van der Waals surface area contributed by atoms with E-state index in [1.807, 2.05) is 0 Å². The number of aldehydes is 1. The first kappa shape index (κ1) is 17.8. The van der Waals surface area contributed by atoms with Crippen LogP contribution in [-0.2, 0) is 4.79 Å². The fourth-order valence-corrected chi connectivity index (χ4v) is 3.15. The standard InChI is InChI=1S/C17H22BrNO4/c1-11-3-5-13(6-4-11)19-17(21)10-23-16-7-12(9-20)14(18)8-15(16)22-2/h7-9,11,13H,3-6,10H2,1-2H3,(H,19,21). The molecule has 0 spiro atoms. The van der Waals surface area contributed by atoms with E-state index in [0.29, 0.717) is 21.5 Å². The largest absolute Gasteiger partial charge is 0.493 e. The lowest BCUT2D eigenvalue weighted by Gasteiger charge is -2.26. The average Bonchev–Trinajstić information content (AvgIpc) is 2.55. The molecule has 1 fully saturated rings. The molecule has 0 aliphatic heterocycles. The van der Waals surface area contributed by atoms with Gasteiger partial charge in [-0.3, -0.25) is 9.59 Å². The van der Waals surface area contributed by atoms with E-state index in [1.165, 1.54) is 7.11 Å². The summed E-state index contributed by atoms with van der Waals surface area (Å²) in [6.07, 6.45) is 5.05. The maximum atomic E-state index is 12.0. The summed E-state index contributed by atoms with van der Waals surface area (Å²) in [4.78, 5) is 23.0. The molecule has 1 saturated carbocycles. The number of halogens is 1. The minimum absolute atomic E-state index is 0.0949. The second-order valence-electron chi connectivity index (χ2n) is 5.96. The minimum Gasteiger partial charge on any atom is -0.493 e. The van der Waals surface area contributed by atoms with Crippen molar-refractivity contribution in [1.82, 2.24) is 5.32 Å². The Bertz CT molecular complexity index is 568. The minimum atomic E-state index is -0.151. The van der Waals surface area contributed by atoms with E-state index in [-0.39, 0.29) is 18.6 Å². The van der Waals surface area contributed by atoms with E-state index in [1.54, 1.807) is 12.1 Å². The van der Waals surface area contributed by atoms with Crippen LogP contribution in [0.3, 0.4) is 0 Å². The number of carbonyl (C=O) groups excluding carboxylic acids is 2. The van der Waals surface area contributed by atoms with Crippen LogP contribution in [0, 0.1) is 5.92 Å². The average molecular weight is 384 g/mol. The van der Waals surface area contributed by atoms with Crippen LogP contribution < -0.4 is 14.8 Å². The zero-order valence-corrected chi connectivity index (χ0v) is 15.0. The Hall–Kier alpha value is -1.56. The van der Waals surface area contributed by atoms with Crippen LogP contribution in [0.25, 0.3) is 0 Å². The highest BCUT2D eigenvalue weighted by atomic mass is 79.9. The summed E-state index contributed by atoms with van der Waals surface area (Å²) < 4.78 is 11.4. The number of ether oxygens (including phenoxy) is 2. The summed E-state index contributed by atoms with van der Waals surface area (Å²) >= 11 is 3.29. The summed E-state index contributed by atoms with van der Waals surface area (Å²) in [6.45, 7) is 2.15. The van der Waals surface area contributed by atoms with Gasteiger partial charge in [-0.2, -0.15) is 0 Å². The molecule has 0 atom stereocenters. The SMILES string of the molecule is COc1cc(Br)c(C=O)cc1OCC(=O)NC1CCC(C)CC1. The van der Waals surface area contributed by atoms with E-state index in [4.69, 9.17) is 9.47 Å². The number of amides is 1. The van der Waals surface area contributed by atoms with Gasteiger partial charge >= 0.3 is 0 Å². The van der Waals surface area contributed by atoms with Gasteiger partial charge in [0.25, 0.3) is 5.91 Å². The lowest BCUT2D eigenvalue weighted by atomic mass is 9.87. The molecule has 1 aliphatic carbocycles. The van der Waals surface area contributed by atoms with Crippen LogP contribution in [0.1, 0.15) is 43.0 Å². The first-order valence-corrected chi connectivity index (χ1v) is 8.57. The fourth-order valence-electron chi connectivity index (χ4n) is 2.73. The number of methoxy groups -OCH3 is 1. The molecule has 0 unspecified atom stereocenters. The van der Waals surface area contributed by atoms with Gasteiger partial charge in [0.2, 0.25) is 0 Å². The fraction of sp³-hybridized carbons (Fsp3) is 0.529. The van der Waals surface area contributed by atoms with Crippen molar-refractivity contribution >= 4 is 28.1 Å². The van der Waals surface area contributed by atoms with Crippen molar-refractivity contribution in [2.24, 2.45) is 5.92 Å². The molecule has 0 aromatic heterocycles. The molecule has 0 bridgehead atoms. The van der Waals surface area contributed by atoms with Crippen molar-refractivity contribution in [2.75, 3.05) is 13.7 Å². The van der Waals surface area contributed by atoms with Crippen molar-refractivity contribution in [3.63, 3.8) is 0 Å². The predicted molar refractivity (Wildman–Crippen MR) is 91.1 cm³/mol. The molecule has 1 aromatic rings. The van der Waals surface area contributed by atoms with Crippen LogP contribution in [0.4, 0.5) is 0 Å². The summed E-state index contributed by atoms with van der Waals surface area (Å²) in [5.41, 5.74) is 0.447. The van der Waals surface area contributed by atoms with Gasteiger partial charge in [-0.05, 0) is 59.7 Å². The number of hydrogen-bond donors (Lipinski definition) is 1. The molecule has 1 N–H and O–H groups in total. The highest BCUT2D eigenvalue weighted by molar-refractivity contribution is 9.10. The van der Waals surface area contributed by atoms with Crippen LogP contribution in [0.2, 0.25) is 0 Å². The summed E-state index contributed by atoms with van der Waals surface area (Å²) in [5.74, 6) is 1.45. The zero-order chi connectivity index (χ0) is 16.8. The molecule has 1 aliphatic rings. The molecule has 1 amide bonds. The molecule has 23 heavy (non-hydrogen) atoms. The highest BCUT2D eigenvalue weighted by Gasteiger charge is 2.20. The van der Waals surface area contributed by atoms with Gasteiger partial charge in [-0.25, -0.2) is 0 Å². The maximum Gasteiger partial charge on any atom is 0.258 e. The maximum absolute atomic E-state index is 12.0. The van der Waals surface area contributed by atoms with Crippen LogP contribution in [0.15, 0.2) is 16.6 Å². The van der Waals surface area contributed by atoms with Crippen molar-refractivity contribution in [2.45, 2.75) is 38.6 Å². The molecule has 0 radical (unpaired) electrons. The Labute approximate surface area is 144 Å². The number of rotatable bonds is 6. The van der Waals surface area contributed by atoms with E-state index < -0.39 is 0 Å². The molecular weight excluding hydrogens is 362 g/mol. The Kier molecular flexibility index (Phi) is 6.45. The Morgan fingerprint density at radius 1 is 1.30 bits per heavy atom. The zero-order valence-electron chi connectivity index (χ0n) is 13.4. The van der Waals surface area contributed by atoms with Gasteiger partial charge in [0.05, 0.1) is 7.11 Å². The molecule has 0 saturated heterocycles. The Morgan fingerprint density at radius 3 is 2.61 bits per heavy atom. The highest BCUT2D eigenvalue weighted by Crippen LogP contribution is 2.32. The van der Waals surface area contributed by atoms with Crippen molar-refractivity contribution < 1.29 is 19.1 Å². The lowest BCUT2D eigenvalue weighted by molar-refractivity contribution is -0.124. The predicted octanol–water partition coefficient (Wildman–Crippen LogP) is 3.34. The van der Waals surface area contributed by atoms with Crippen molar-refractivity contribution in [3.05, 3.63) is 22.2 Å². The van der Waals surface area contributed by atoms with E-state index in [0.717, 1.165) is 37.9 Å². The van der Waals surface area contributed by atoms with E-state index >= 15 is 0 Å². The number of hydrogen-bond acceptors (Lipinski definition) is 4. The summed E-state index contributed by atoms with van der Waals surface area (Å²) in [7, 11) is 1.51. The Balaban J connectivity index is 1.92. The third-order valence-corrected chi connectivity index (χ3v) is 4.84. The molecule has 5 nitrogen and oxygen atoms in total. The third-order valence-electron chi connectivity index (χ3n) is 4.15. The van der Waals surface area contributed by atoms with Crippen LogP contribution in [-0.4, -0.2) is 32.0 Å². The molecule has 0 heterocycles. The molecule has 2 rings (SSSR count). The van der Waals surface area contributed by atoms with Gasteiger partial charge in [-0.1, -0.05) is 6.92 Å². The summed E-state index contributed by atoms with van der Waals surface area (Å²) in [6, 6.07) is 3.45. The van der Waals surface area contributed by atoms with E-state index in [2.05, 4.69) is 28.2 Å². The van der Waals surface area contributed by atoms with Gasteiger partial charge in [0.1, 0.15) is 0 Å². The van der Waals surface area contributed by atoms with Crippen molar-refractivity contribution in [1.29, 1.82) is 0 Å². The summed E-state index contributed by atoms with van der Waals surface area (Å²) in [5, 5.41) is 3.00. The van der Waals surface area contributed by atoms with Gasteiger partial charge < -0.3 is 14.8 Å². The first-order chi connectivity index (χ1) is 11.0. The molecule has 1 aromatic carbocycles. The number of benzene rings is 1. The quantitative estimate of drug-likeness (QED) is 0.765. The smallest absolute Gasteiger partial charge is 0.258 e. The molecule has 126 valence electrons. The second-order valence-corrected chi connectivity index (χ2v) is 6.81. The monoisotopic (exact) mass is 383 g/mol. The number of carbonyl (C=O) groups is 2. The topological polar surface area (TPSA) is 64.6 Å². The normalized spacial score (nSPS) is 20.7. The lowest BCUT2D eigenvalue weighted by Crippen LogP contribution is -2.39. The molecular formula is C17H22BrNO4. The van der Waals surface area contributed by atoms with Gasteiger partial charge in [0, 0.05) is 16.1 Å². The van der Waals surface area contributed by atoms with Crippen LogP contribution >= 0.6 is 15.9 Å². The first-order valence-electron chi connectivity index (χ1n) is 7.78. The van der Waals surface area contributed by atoms with Gasteiger partial charge in [-0.15, -0.1) is 0 Å². The number of nitrogens with one attached hydrogen (secondary N) is 1. The molecule has 6 heteroatoms. The second kappa shape index (κ2) is 8.34.